The van der Waals surface area contributed by atoms with Crippen LogP contribution < -0.4 is 15.0 Å². The maximum atomic E-state index is 11.9. The van der Waals surface area contributed by atoms with Crippen molar-refractivity contribution in [2.24, 2.45) is 0 Å². The van der Waals surface area contributed by atoms with E-state index in [0.717, 1.165) is 17.1 Å². The van der Waals surface area contributed by atoms with Crippen molar-refractivity contribution in [3.05, 3.63) is 18.2 Å². The molecule has 1 aliphatic heterocycles. The lowest BCUT2D eigenvalue weighted by Crippen LogP contribution is -2.44. The standard InChI is InChI=1S/C12H16N2O2/c1-4-14-10-7-9(13-3)5-6-11(10)16-8(2)12(14)15/h5-8,13H,4H2,1-3H3. The quantitative estimate of drug-likeness (QED) is 0.827. The first-order valence-corrected chi connectivity index (χ1v) is 5.47. The van der Waals surface area contributed by atoms with E-state index in [9.17, 15) is 4.79 Å². The Balaban J connectivity index is 2.48. The largest absolute Gasteiger partial charge is 0.479 e. The maximum absolute atomic E-state index is 11.9. The number of ether oxygens (including phenoxy) is 1. The number of nitrogens with one attached hydrogen (secondary N) is 1. The minimum absolute atomic E-state index is 0.0169. The summed E-state index contributed by atoms with van der Waals surface area (Å²) in [5.74, 6) is 0.788. The van der Waals surface area contributed by atoms with E-state index in [1.165, 1.54) is 0 Å². The molecule has 0 spiro atoms. The molecule has 0 aromatic heterocycles. The number of benzene rings is 1. The van der Waals surface area contributed by atoms with Crippen LogP contribution in [0.25, 0.3) is 0 Å². The number of carbonyl (C=O) groups excluding carboxylic acids is 1. The molecule has 1 heterocycles. The summed E-state index contributed by atoms with van der Waals surface area (Å²) in [4.78, 5) is 13.7. The first-order valence-electron chi connectivity index (χ1n) is 5.47. The lowest BCUT2D eigenvalue weighted by molar-refractivity contribution is -0.125. The summed E-state index contributed by atoms with van der Waals surface area (Å²) in [5, 5.41) is 3.05. The fourth-order valence-electron chi connectivity index (χ4n) is 1.89. The molecule has 86 valence electrons. The molecular weight excluding hydrogens is 204 g/mol. The van der Waals surface area contributed by atoms with Gasteiger partial charge in [0.15, 0.2) is 6.10 Å². The number of anilines is 2. The summed E-state index contributed by atoms with van der Waals surface area (Å²) >= 11 is 0. The van der Waals surface area contributed by atoms with Crippen LogP contribution in [0.15, 0.2) is 18.2 Å². The van der Waals surface area contributed by atoms with Crippen LogP contribution >= 0.6 is 0 Å². The second kappa shape index (κ2) is 4.04. The van der Waals surface area contributed by atoms with Crippen LogP contribution in [0.4, 0.5) is 11.4 Å². The van der Waals surface area contributed by atoms with Crippen LogP contribution in [0.5, 0.6) is 5.75 Å². The van der Waals surface area contributed by atoms with E-state index in [1.807, 2.05) is 32.2 Å². The summed E-state index contributed by atoms with van der Waals surface area (Å²) in [5.41, 5.74) is 1.82. The summed E-state index contributed by atoms with van der Waals surface area (Å²) < 4.78 is 5.56. The van der Waals surface area contributed by atoms with E-state index in [2.05, 4.69) is 5.32 Å². The number of hydrogen-bond acceptors (Lipinski definition) is 3. The summed E-state index contributed by atoms with van der Waals surface area (Å²) in [6.07, 6.45) is -0.395. The first kappa shape index (κ1) is 10.8. The van der Waals surface area contributed by atoms with Crippen LogP contribution in [0.1, 0.15) is 13.8 Å². The van der Waals surface area contributed by atoms with Gasteiger partial charge in [-0.05, 0) is 32.0 Å². The molecule has 1 N–H and O–H groups in total. The molecule has 1 unspecified atom stereocenters. The summed E-state index contributed by atoms with van der Waals surface area (Å²) in [7, 11) is 1.85. The molecule has 4 heteroatoms. The maximum Gasteiger partial charge on any atom is 0.267 e. The Morgan fingerprint density at radius 1 is 1.50 bits per heavy atom. The molecule has 0 fully saturated rings. The zero-order chi connectivity index (χ0) is 11.7. The van der Waals surface area contributed by atoms with E-state index in [4.69, 9.17) is 4.74 Å². The van der Waals surface area contributed by atoms with E-state index >= 15 is 0 Å². The van der Waals surface area contributed by atoms with Gasteiger partial charge >= 0.3 is 0 Å². The molecule has 1 aromatic rings. The normalized spacial score (nSPS) is 19.1. The van der Waals surface area contributed by atoms with Crippen LogP contribution in [0.2, 0.25) is 0 Å². The number of rotatable bonds is 2. The van der Waals surface area contributed by atoms with Gasteiger partial charge in [0.2, 0.25) is 0 Å². The van der Waals surface area contributed by atoms with Crippen LogP contribution in [0, 0.1) is 0 Å². The summed E-state index contributed by atoms with van der Waals surface area (Å²) in [6, 6.07) is 5.77. The zero-order valence-electron chi connectivity index (χ0n) is 9.78. The third-order valence-electron chi connectivity index (χ3n) is 2.77. The molecule has 2 rings (SSSR count). The zero-order valence-corrected chi connectivity index (χ0v) is 9.78. The van der Waals surface area contributed by atoms with Crippen molar-refractivity contribution in [3.8, 4) is 5.75 Å². The monoisotopic (exact) mass is 220 g/mol. The highest BCUT2D eigenvalue weighted by molar-refractivity contribution is 6.00. The number of amides is 1. The first-order chi connectivity index (χ1) is 7.67. The van der Waals surface area contributed by atoms with Gasteiger partial charge in [0, 0.05) is 19.3 Å². The molecule has 1 amide bonds. The van der Waals surface area contributed by atoms with Gasteiger partial charge in [0.1, 0.15) is 5.75 Å². The lowest BCUT2D eigenvalue weighted by atomic mass is 10.1. The molecule has 1 atom stereocenters. The molecule has 0 aliphatic carbocycles. The molecule has 1 aliphatic rings. The van der Waals surface area contributed by atoms with Crippen molar-refractivity contribution >= 4 is 17.3 Å². The topological polar surface area (TPSA) is 41.6 Å². The number of carbonyl (C=O) groups is 1. The smallest absolute Gasteiger partial charge is 0.267 e. The Kier molecular flexibility index (Phi) is 2.73. The average molecular weight is 220 g/mol. The van der Waals surface area contributed by atoms with Crippen molar-refractivity contribution in [3.63, 3.8) is 0 Å². The van der Waals surface area contributed by atoms with Crippen molar-refractivity contribution in [1.29, 1.82) is 0 Å². The minimum atomic E-state index is -0.395. The molecule has 0 saturated heterocycles. The van der Waals surface area contributed by atoms with Crippen molar-refractivity contribution in [1.82, 2.24) is 0 Å². The highest BCUT2D eigenvalue weighted by Crippen LogP contribution is 2.35. The lowest BCUT2D eigenvalue weighted by Gasteiger charge is -2.32. The third kappa shape index (κ3) is 1.60. The van der Waals surface area contributed by atoms with E-state index in [1.54, 1.807) is 11.8 Å². The Labute approximate surface area is 95.2 Å². The highest BCUT2D eigenvalue weighted by Gasteiger charge is 2.30. The van der Waals surface area contributed by atoms with Gasteiger partial charge in [-0.3, -0.25) is 4.79 Å². The predicted molar refractivity (Wildman–Crippen MR) is 64.1 cm³/mol. The average Bonchev–Trinajstić information content (AvgIpc) is 2.30. The molecular formula is C12H16N2O2. The van der Waals surface area contributed by atoms with Gasteiger partial charge in [-0.25, -0.2) is 0 Å². The fourth-order valence-corrected chi connectivity index (χ4v) is 1.89. The van der Waals surface area contributed by atoms with Gasteiger partial charge in [0.25, 0.3) is 5.91 Å². The Morgan fingerprint density at radius 3 is 2.88 bits per heavy atom. The number of likely N-dealkylation sites (N-methyl/N-ethyl adjacent to an activating group) is 1. The van der Waals surface area contributed by atoms with Crippen molar-refractivity contribution in [2.75, 3.05) is 23.8 Å². The number of nitrogens with zero attached hydrogens (tertiary/aromatic N) is 1. The Bertz CT molecular complexity index is 417. The highest BCUT2D eigenvalue weighted by atomic mass is 16.5. The minimum Gasteiger partial charge on any atom is -0.479 e. The third-order valence-corrected chi connectivity index (χ3v) is 2.77. The van der Waals surface area contributed by atoms with Crippen molar-refractivity contribution in [2.45, 2.75) is 20.0 Å². The van der Waals surface area contributed by atoms with Gasteiger partial charge in [-0.2, -0.15) is 0 Å². The van der Waals surface area contributed by atoms with Gasteiger partial charge in [-0.15, -0.1) is 0 Å². The van der Waals surface area contributed by atoms with Crippen molar-refractivity contribution < 1.29 is 9.53 Å². The van der Waals surface area contributed by atoms with E-state index in [0.29, 0.717) is 6.54 Å². The van der Waals surface area contributed by atoms with E-state index in [-0.39, 0.29) is 5.91 Å². The Morgan fingerprint density at radius 2 is 2.25 bits per heavy atom. The molecule has 1 aromatic carbocycles. The second-order valence-corrected chi connectivity index (χ2v) is 3.78. The molecule has 0 bridgehead atoms. The molecule has 4 nitrogen and oxygen atoms in total. The van der Waals surface area contributed by atoms with E-state index < -0.39 is 6.10 Å². The molecule has 0 radical (unpaired) electrons. The van der Waals surface area contributed by atoms with Gasteiger partial charge in [0.05, 0.1) is 5.69 Å². The SMILES string of the molecule is CCN1C(=O)C(C)Oc2ccc(NC)cc21. The molecule has 0 saturated carbocycles. The second-order valence-electron chi connectivity index (χ2n) is 3.78. The molecule has 16 heavy (non-hydrogen) atoms. The number of fused-ring (bicyclic) bond motifs is 1. The van der Waals surface area contributed by atoms with Gasteiger partial charge < -0.3 is 15.0 Å². The Hall–Kier alpha value is -1.71. The number of hydrogen-bond donors (Lipinski definition) is 1. The summed E-state index contributed by atoms with van der Waals surface area (Å²) in [6.45, 7) is 4.40. The predicted octanol–water partition coefficient (Wildman–Crippen LogP) is 1.86. The van der Waals surface area contributed by atoms with Crippen LogP contribution in [-0.4, -0.2) is 25.6 Å². The van der Waals surface area contributed by atoms with Gasteiger partial charge in [-0.1, -0.05) is 0 Å². The van der Waals surface area contributed by atoms with Crippen LogP contribution in [0.3, 0.4) is 0 Å². The van der Waals surface area contributed by atoms with Crippen LogP contribution in [-0.2, 0) is 4.79 Å². The fraction of sp³-hybridized carbons (Fsp3) is 0.417.